The van der Waals surface area contributed by atoms with Crippen LogP contribution in [-0.2, 0) is 6.42 Å². The molecule has 3 heteroatoms. The Balaban J connectivity index is 2.15. The smallest absolute Gasteiger partial charge is 0.133 e. The molecule has 1 N–H and O–H groups in total. The molecule has 0 saturated carbocycles. The van der Waals surface area contributed by atoms with Crippen LogP contribution in [0.25, 0.3) is 5.69 Å². The summed E-state index contributed by atoms with van der Waals surface area (Å²) in [5.41, 5.74) is 5.09. The van der Waals surface area contributed by atoms with Crippen molar-refractivity contribution in [2.45, 2.75) is 46.0 Å². The monoisotopic (exact) mass is 269 g/mol. The van der Waals surface area contributed by atoms with Crippen LogP contribution in [0.4, 0.5) is 5.82 Å². The first-order valence-electron chi connectivity index (χ1n) is 7.59. The van der Waals surface area contributed by atoms with Crippen molar-refractivity contribution in [1.82, 2.24) is 9.78 Å². The van der Waals surface area contributed by atoms with Crippen molar-refractivity contribution < 1.29 is 0 Å². The summed E-state index contributed by atoms with van der Waals surface area (Å²) in [6, 6.07) is 8.56. The zero-order chi connectivity index (χ0) is 14.1. The van der Waals surface area contributed by atoms with Gasteiger partial charge in [0.05, 0.1) is 11.4 Å². The lowest BCUT2D eigenvalue weighted by molar-refractivity contribution is 0.731. The van der Waals surface area contributed by atoms with Gasteiger partial charge in [-0.1, -0.05) is 26.0 Å². The van der Waals surface area contributed by atoms with Gasteiger partial charge in [-0.2, -0.15) is 5.10 Å². The Morgan fingerprint density at radius 3 is 2.85 bits per heavy atom. The van der Waals surface area contributed by atoms with Gasteiger partial charge in [0, 0.05) is 12.1 Å². The lowest BCUT2D eigenvalue weighted by atomic mass is 10.0. The molecule has 0 radical (unpaired) electrons. The maximum atomic E-state index is 4.90. The molecular weight excluding hydrogens is 246 g/mol. The number of aryl methyl sites for hydroxylation is 1. The second kappa shape index (κ2) is 5.31. The summed E-state index contributed by atoms with van der Waals surface area (Å²) in [5, 5.41) is 8.49. The minimum atomic E-state index is 0.467. The Hall–Kier alpha value is -1.77. The zero-order valence-electron chi connectivity index (χ0n) is 12.6. The fraction of sp³-hybridized carbons (Fsp3) is 0.471. The summed E-state index contributed by atoms with van der Waals surface area (Å²) < 4.78 is 2.10. The maximum Gasteiger partial charge on any atom is 0.133 e. The van der Waals surface area contributed by atoms with Crippen molar-refractivity contribution in [2.75, 3.05) is 11.9 Å². The highest BCUT2D eigenvalue weighted by Gasteiger charge is 2.21. The third kappa shape index (κ3) is 2.33. The van der Waals surface area contributed by atoms with Gasteiger partial charge in [0.15, 0.2) is 0 Å². The minimum absolute atomic E-state index is 0.467. The number of hydrogen-bond donors (Lipinski definition) is 1. The third-order valence-electron chi connectivity index (χ3n) is 3.95. The molecule has 0 fully saturated rings. The highest BCUT2D eigenvalue weighted by atomic mass is 15.3. The highest BCUT2D eigenvalue weighted by Crippen LogP contribution is 2.31. The molecule has 1 aromatic carbocycles. The summed E-state index contributed by atoms with van der Waals surface area (Å²) >= 11 is 0. The molecule has 2 heterocycles. The lowest BCUT2D eigenvalue weighted by Gasteiger charge is -2.09. The molecule has 1 aromatic heterocycles. The van der Waals surface area contributed by atoms with Gasteiger partial charge in [-0.25, -0.2) is 4.68 Å². The fourth-order valence-corrected chi connectivity index (χ4v) is 2.94. The molecule has 3 nitrogen and oxygen atoms in total. The Bertz CT molecular complexity index is 611. The standard InChI is InChI=1S/C17H23N3/c1-12(2)16-15-9-4-5-10-18-17(15)20(19-16)14-8-6-7-13(3)11-14/h6-8,11-12,18H,4-5,9-10H2,1-3H3. The van der Waals surface area contributed by atoms with E-state index in [1.807, 2.05) is 0 Å². The van der Waals surface area contributed by atoms with Crippen LogP contribution in [0.3, 0.4) is 0 Å². The lowest BCUT2D eigenvalue weighted by Crippen LogP contribution is -2.07. The normalized spacial score (nSPS) is 14.8. The predicted molar refractivity (Wildman–Crippen MR) is 83.8 cm³/mol. The molecule has 20 heavy (non-hydrogen) atoms. The van der Waals surface area contributed by atoms with Crippen LogP contribution in [0.5, 0.6) is 0 Å². The van der Waals surface area contributed by atoms with Gasteiger partial charge in [-0.3, -0.25) is 0 Å². The number of nitrogens with zero attached hydrogens (tertiary/aromatic N) is 2. The minimum Gasteiger partial charge on any atom is -0.370 e. The van der Waals surface area contributed by atoms with Crippen LogP contribution >= 0.6 is 0 Å². The Labute approximate surface area is 121 Å². The van der Waals surface area contributed by atoms with E-state index in [4.69, 9.17) is 5.10 Å². The average molecular weight is 269 g/mol. The topological polar surface area (TPSA) is 29.9 Å². The summed E-state index contributed by atoms with van der Waals surface area (Å²) in [4.78, 5) is 0. The molecule has 2 aromatic rings. The molecule has 0 saturated heterocycles. The number of benzene rings is 1. The summed E-state index contributed by atoms with van der Waals surface area (Å²) in [6.45, 7) is 7.63. The zero-order valence-corrected chi connectivity index (χ0v) is 12.6. The predicted octanol–water partition coefficient (Wildman–Crippen LogP) is 4.05. The summed E-state index contributed by atoms with van der Waals surface area (Å²) in [5.74, 6) is 1.67. The van der Waals surface area contributed by atoms with Crippen molar-refractivity contribution in [1.29, 1.82) is 0 Å². The molecule has 3 rings (SSSR count). The van der Waals surface area contributed by atoms with Crippen molar-refractivity contribution in [3.05, 3.63) is 41.1 Å². The van der Waals surface area contributed by atoms with Crippen molar-refractivity contribution in [3.63, 3.8) is 0 Å². The average Bonchev–Trinajstić information content (AvgIpc) is 2.61. The van der Waals surface area contributed by atoms with Crippen molar-refractivity contribution in [2.24, 2.45) is 0 Å². The first kappa shape index (κ1) is 13.2. The van der Waals surface area contributed by atoms with E-state index in [0.717, 1.165) is 18.7 Å². The molecule has 0 unspecified atom stereocenters. The molecular formula is C17H23N3. The third-order valence-corrected chi connectivity index (χ3v) is 3.95. The molecule has 0 aliphatic carbocycles. The molecule has 1 aliphatic rings. The number of rotatable bonds is 2. The number of aromatic nitrogens is 2. The van der Waals surface area contributed by atoms with Crippen molar-refractivity contribution in [3.8, 4) is 5.69 Å². The molecule has 0 spiro atoms. The van der Waals surface area contributed by atoms with Gasteiger partial charge in [0.1, 0.15) is 5.82 Å². The second-order valence-electron chi connectivity index (χ2n) is 6.00. The fourth-order valence-electron chi connectivity index (χ4n) is 2.94. The van der Waals surface area contributed by atoms with Gasteiger partial charge >= 0.3 is 0 Å². The summed E-state index contributed by atoms with van der Waals surface area (Å²) in [6.07, 6.45) is 3.63. The van der Waals surface area contributed by atoms with Crippen molar-refractivity contribution >= 4 is 5.82 Å². The van der Waals surface area contributed by atoms with Crippen LogP contribution in [0.1, 0.15) is 49.4 Å². The quantitative estimate of drug-likeness (QED) is 0.891. The Kier molecular flexibility index (Phi) is 3.51. The van der Waals surface area contributed by atoms with E-state index in [1.54, 1.807) is 0 Å². The first-order chi connectivity index (χ1) is 9.66. The molecule has 0 amide bonds. The highest BCUT2D eigenvalue weighted by molar-refractivity contribution is 5.55. The van der Waals surface area contributed by atoms with E-state index in [1.165, 1.54) is 35.5 Å². The SMILES string of the molecule is Cc1cccc(-n2nc(C(C)C)c3c2NCCCC3)c1. The van der Waals surface area contributed by atoms with Gasteiger partial charge in [0.2, 0.25) is 0 Å². The van der Waals surface area contributed by atoms with E-state index < -0.39 is 0 Å². The van der Waals surface area contributed by atoms with E-state index in [-0.39, 0.29) is 0 Å². The molecule has 1 aliphatic heterocycles. The molecule has 106 valence electrons. The Morgan fingerprint density at radius 2 is 2.10 bits per heavy atom. The van der Waals surface area contributed by atoms with Gasteiger partial charge in [0.25, 0.3) is 0 Å². The van der Waals surface area contributed by atoms with E-state index in [2.05, 4.69) is 55.0 Å². The van der Waals surface area contributed by atoms with E-state index >= 15 is 0 Å². The van der Waals surface area contributed by atoms with Crippen LogP contribution in [-0.4, -0.2) is 16.3 Å². The van der Waals surface area contributed by atoms with Crippen LogP contribution < -0.4 is 5.32 Å². The van der Waals surface area contributed by atoms with E-state index in [0.29, 0.717) is 5.92 Å². The first-order valence-corrected chi connectivity index (χ1v) is 7.59. The molecule has 0 atom stereocenters. The molecule has 0 bridgehead atoms. The maximum absolute atomic E-state index is 4.90. The van der Waals surface area contributed by atoms with Crippen LogP contribution in [0.15, 0.2) is 24.3 Å². The number of hydrogen-bond acceptors (Lipinski definition) is 2. The number of anilines is 1. The Morgan fingerprint density at radius 1 is 1.25 bits per heavy atom. The summed E-state index contributed by atoms with van der Waals surface area (Å²) in [7, 11) is 0. The van der Waals surface area contributed by atoms with Gasteiger partial charge in [-0.05, 0) is 49.8 Å². The van der Waals surface area contributed by atoms with Gasteiger partial charge in [-0.15, -0.1) is 0 Å². The number of fused-ring (bicyclic) bond motifs is 1. The van der Waals surface area contributed by atoms with E-state index in [9.17, 15) is 0 Å². The largest absolute Gasteiger partial charge is 0.370 e. The van der Waals surface area contributed by atoms with Crippen LogP contribution in [0.2, 0.25) is 0 Å². The van der Waals surface area contributed by atoms with Gasteiger partial charge < -0.3 is 5.32 Å². The second-order valence-corrected chi connectivity index (χ2v) is 6.00. The van der Waals surface area contributed by atoms with Crippen LogP contribution in [0, 0.1) is 6.92 Å². The number of nitrogens with one attached hydrogen (secondary N) is 1.